The van der Waals surface area contributed by atoms with Crippen LogP contribution in [0.15, 0.2) is 59.5 Å². The van der Waals surface area contributed by atoms with Crippen molar-refractivity contribution in [1.29, 1.82) is 0 Å². The summed E-state index contributed by atoms with van der Waals surface area (Å²) < 4.78 is 27.1. The highest BCUT2D eigenvalue weighted by atomic mass is 32.2. The van der Waals surface area contributed by atoms with Gasteiger partial charge in [-0.2, -0.15) is 4.31 Å². The first-order valence-electron chi connectivity index (χ1n) is 10.5. The molecule has 0 atom stereocenters. The number of piperidine rings is 1. The fraction of sp³-hybridized carbons (Fsp3) is 0.435. The largest absolute Gasteiger partial charge is 0.375 e. The van der Waals surface area contributed by atoms with Crippen LogP contribution < -0.4 is 10.2 Å². The van der Waals surface area contributed by atoms with E-state index in [0.29, 0.717) is 31.1 Å². The van der Waals surface area contributed by atoms with Gasteiger partial charge in [0.25, 0.3) is 5.91 Å². The third-order valence-corrected chi connectivity index (χ3v) is 7.56. The molecular weight excluding hydrogens is 398 g/mol. The standard InChI is InChI=1S/C23H31N3O3S/c1-19-13-17-26(18-14-19)30(28,29)22-11-9-20(10-12-22)23(27)24-15-6-16-25(2)21-7-4-3-5-8-21/h3-5,7-12,19H,6,13-18H2,1-2H3,(H,24,27). The zero-order valence-electron chi connectivity index (χ0n) is 17.8. The van der Waals surface area contributed by atoms with Gasteiger partial charge in [0.1, 0.15) is 0 Å². The summed E-state index contributed by atoms with van der Waals surface area (Å²) in [5, 5.41) is 2.91. The molecule has 30 heavy (non-hydrogen) atoms. The van der Waals surface area contributed by atoms with Crippen molar-refractivity contribution in [2.75, 3.05) is 38.1 Å². The minimum Gasteiger partial charge on any atom is -0.375 e. The molecule has 2 aromatic carbocycles. The summed E-state index contributed by atoms with van der Waals surface area (Å²) in [6.45, 7) is 4.65. The van der Waals surface area contributed by atoms with Crippen molar-refractivity contribution in [2.24, 2.45) is 5.92 Å². The van der Waals surface area contributed by atoms with E-state index in [2.05, 4.69) is 29.3 Å². The normalized spacial score (nSPS) is 15.7. The Morgan fingerprint density at radius 3 is 2.33 bits per heavy atom. The predicted octanol–water partition coefficient (Wildman–Crippen LogP) is 3.36. The Morgan fingerprint density at radius 1 is 1.07 bits per heavy atom. The van der Waals surface area contributed by atoms with E-state index in [4.69, 9.17) is 0 Å². The van der Waals surface area contributed by atoms with Gasteiger partial charge in [0.05, 0.1) is 4.90 Å². The van der Waals surface area contributed by atoms with Gasteiger partial charge in [-0.25, -0.2) is 8.42 Å². The molecular formula is C23H31N3O3S. The number of sulfonamides is 1. The lowest BCUT2D eigenvalue weighted by atomic mass is 10.0. The van der Waals surface area contributed by atoms with E-state index >= 15 is 0 Å². The second-order valence-corrected chi connectivity index (χ2v) is 9.92. The topological polar surface area (TPSA) is 69.7 Å². The van der Waals surface area contributed by atoms with Gasteiger partial charge in [0.2, 0.25) is 10.0 Å². The number of benzene rings is 2. The van der Waals surface area contributed by atoms with Crippen LogP contribution in [0.25, 0.3) is 0 Å². The number of hydrogen-bond acceptors (Lipinski definition) is 4. The van der Waals surface area contributed by atoms with Crippen LogP contribution in [0.4, 0.5) is 5.69 Å². The van der Waals surface area contributed by atoms with Gasteiger partial charge in [-0.1, -0.05) is 25.1 Å². The van der Waals surface area contributed by atoms with Gasteiger partial charge in [0.15, 0.2) is 0 Å². The van der Waals surface area contributed by atoms with Crippen LogP contribution in [0.2, 0.25) is 0 Å². The lowest BCUT2D eigenvalue weighted by Crippen LogP contribution is -2.37. The second kappa shape index (κ2) is 10.1. The first-order chi connectivity index (χ1) is 14.4. The van der Waals surface area contributed by atoms with Crippen molar-refractivity contribution in [3.63, 3.8) is 0 Å². The Hall–Kier alpha value is -2.38. The number of hydrogen-bond donors (Lipinski definition) is 1. The average molecular weight is 430 g/mol. The molecule has 1 N–H and O–H groups in total. The maximum Gasteiger partial charge on any atom is 0.251 e. The lowest BCUT2D eigenvalue weighted by molar-refractivity contribution is 0.0953. The van der Waals surface area contributed by atoms with Gasteiger partial charge < -0.3 is 10.2 Å². The molecule has 0 radical (unpaired) electrons. The number of carbonyl (C=O) groups excluding carboxylic acids is 1. The first-order valence-corrected chi connectivity index (χ1v) is 12.0. The Bertz CT molecular complexity index is 922. The van der Waals surface area contributed by atoms with Crippen LogP contribution >= 0.6 is 0 Å². The Kier molecular flexibility index (Phi) is 7.50. The predicted molar refractivity (Wildman–Crippen MR) is 120 cm³/mol. The summed E-state index contributed by atoms with van der Waals surface area (Å²) in [6.07, 6.45) is 2.59. The first kappa shape index (κ1) is 22.3. The number of rotatable bonds is 8. The van der Waals surface area contributed by atoms with Crippen LogP contribution in [0.3, 0.4) is 0 Å². The van der Waals surface area contributed by atoms with Gasteiger partial charge >= 0.3 is 0 Å². The molecule has 1 aliphatic rings. The smallest absolute Gasteiger partial charge is 0.251 e. The number of anilines is 1. The monoisotopic (exact) mass is 429 g/mol. The molecule has 1 fully saturated rings. The van der Waals surface area contributed by atoms with E-state index in [-0.39, 0.29) is 10.8 Å². The molecule has 1 aliphatic heterocycles. The number of amides is 1. The van der Waals surface area contributed by atoms with Gasteiger partial charge in [-0.3, -0.25) is 4.79 Å². The molecule has 0 unspecified atom stereocenters. The zero-order valence-corrected chi connectivity index (χ0v) is 18.6. The van der Waals surface area contributed by atoms with E-state index in [1.54, 1.807) is 16.4 Å². The molecule has 7 heteroatoms. The maximum atomic E-state index is 12.8. The summed E-state index contributed by atoms with van der Waals surface area (Å²) in [6, 6.07) is 16.3. The van der Waals surface area contributed by atoms with Crippen LogP contribution in [-0.4, -0.2) is 51.9 Å². The van der Waals surface area contributed by atoms with Gasteiger partial charge in [-0.05, 0) is 61.6 Å². The average Bonchev–Trinajstić information content (AvgIpc) is 2.77. The Balaban J connectivity index is 1.49. The zero-order chi connectivity index (χ0) is 21.6. The van der Waals surface area contributed by atoms with Crippen molar-refractivity contribution in [2.45, 2.75) is 31.1 Å². The van der Waals surface area contributed by atoms with Crippen molar-refractivity contribution >= 4 is 21.6 Å². The molecule has 1 heterocycles. The minimum absolute atomic E-state index is 0.187. The summed E-state index contributed by atoms with van der Waals surface area (Å²) >= 11 is 0. The van der Waals surface area contributed by atoms with Gasteiger partial charge in [-0.15, -0.1) is 0 Å². The maximum absolute atomic E-state index is 12.8. The molecule has 6 nitrogen and oxygen atoms in total. The van der Waals surface area contributed by atoms with Crippen LogP contribution in [0, 0.1) is 5.92 Å². The molecule has 0 spiro atoms. The molecule has 2 aromatic rings. The molecule has 0 aliphatic carbocycles. The summed E-state index contributed by atoms with van der Waals surface area (Å²) in [4.78, 5) is 14.8. The number of para-hydroxylation sites is 1. The van der Waals surface area contributed by atoms with Crippen molar-refractivity contribution < 1.29 is 13.2 Å². The Morgan fingerprint density at radius 2 is 1.70 bits per heavy atom. The van der Waals surface area contributed by atoms with E-state index in [0.717, 1.165) is 31.5 Å². The van der Waals surface area contributed by atoms with E-state index < -0.39 is 10.0 Å². The summed E-state index contributed by atoms with van der Waals surface area (Å²) in [7, 11) is -1.46. The quantitative estimate of drug-likeness (QED) is 0.653. The fourth-order valence-corrected chi connectivity index (χ4v) is 5.05. The van der Waals surface area contributed by atoms with Crippen molar-refractivity contribution in [3.05, 3.63) is 60.2 Å². The molecule has 3 rings (SSSR count). The van der Waals surface area contributed by atoms with E-state index in [1.807, 2.05) is 25.2 Å². The minimum atomic E-state index is -3.49. The summed E-state index contributed by atoms with van der Waals surface area (Å²) in [5.41, 5.74) is 1.61. The molecule has 1 saturated heterocycles. The highest BCUT2D eigenvalue weighted by Crippen LogP contribution is 2.23. The lowest BCUT2D eigenvalue weighted by Gasteiger charge is -2.29. The van der Waals surface area contributed by atoms with Crippen molar-refractivity contribution in [3.8, 4) is 0 Å². The second-order valence-electron chi connectivity index (χ2n) is 7.98. The molecule has 0 aromatic heterocycles. The number of carbonyl (C=O) groups is 1. The highest BCUT2D eigenvalue weighted by Gasteiger charge is 2.28. The van der Waals surface area contributed by atoms with Crippen LogP contribution in [0.1, 0.15) is 36.5 Å². The van der Waals surface area contributed by atoms with Crippen LogP contribution in [0.5, 0.6) is 0 Å². The number of nitrogens with one attached hydrogen (secondary N) is 1. The fourth-order valence-electron chi connectivity index (χ4n) is 3.58. The number of nitrogens with zero attached hydrogens (tertiary/aromatic N) is 2. The van der Waals surface area contributed by atoms with E-state index in [1.165, 1.54) is 12.1 Å². The summed E-state index contributed by atoms with van der Waals surface area (Å²) in [5.74, 6) is 0.378. The van der Waals surface area contributed by atoms with Gasteiger partial charge in [0, 0.05) is 44.5 Å². The molecule has 0 bridgehead atoms. The third-order valence-electron chi connectivity index (χ3n) is 5.65. The van der Waals surface area contributed by atoms with Crippen molar-refractivity contribution in [1.82, 2.24) is 9.62 Å². The third kappa shape index (κ3) is 5.61. The molecule has 162 valence electrons. The SMILES string of the molecule is CC1CCN(S(=O)(=O)c2ccc(C(=O)NCCCN(C)c3ccccc3)cc2)CC1. The Labute approximate surface area is 179 Å². The highest BCUT2D eigenvalue weighted by molar-refractivity contribution is 7.89. The van der Waals surface area contributed by atoms with E-state index in [9.17, 15) is 13.2 Å². The molecule has 0 saturated carbocycles. The van der Waals surface area contributed by atoms with Crippen LogP contribution in [-0.2, 0) is 10.0 Å². The molecule has 1 amide bonds.